The molecule has 0 bridgehead atoms. The molecule has 1 aliphatic carbocycles. The number of hydrogen-bond donors (Lipinski definition) is 1. The van der Waals surface area contributed by atoms with Crippen LogP contribution in [0.25, 0.3) is 0 Å². The second-order valence-corrected chi connectivity index (χ2v) is 4.67. The van der Waals surface area contributed by atoms with Gasteiger partial charge >= 0.3 is 0 Å². The second kappa shape index (κ2) is 6.23. The van der Waals surface area contributed by atoms with Crippen LogP contribution in [0.4, 0.5) is 0 Å². The van der Waals surface area contributed by atoms with E-state index in [9.17, 15) is 0 Å². The van der Waals surface area contributed by atoms with Gasteiger partial charge in [-0.05, 0) is 24.8 Å². The third-order valence-corrected chi connectivity index (χ3v) is 2.95. The molecule has 1 N–H and O–H groups in total. The van der Waals surface area contributed by atoms with Crippen molar-refractivity contribution in [3.05, 3.63) is 22.2 Å². The molecule has 1 aliphatic rings. The second-order valence-electron chi connectivity index (χ2n) is 4.25. The first kappa shape index (κ1) is 12.7. The van der Waals surface area contributed by atoms with Crippen LogP contribution in [0.1, 0.15) is 30.3 Å². The normalized spacial score (nSPS) is 15.1. The molecule has 1 fully saturated rings. The fourth-order valence-corrected chi connectivity index (χ4v) is 1.91. The summed E-state index contributed by atoms with van der Waals surface area (Å²) in [6, 6.07) is 1.97. The first-order valence-corrected chi connectivity index (χ1v) is 6.37. The lowest BCUT2D eigenvalue weighted by atomic mass is 10.3. The quantitative estimate of drug-likeness (QED) is 0.598. The van der Waals surface area contributed by atoms with E-state index < -0.39 is 0 Å². The van der Waals surface area contributed by atoms with Gasteiger partial charge in [0.2, 0.25) is 0 Å². The van der Waals surface area contributed by atoms with E-state index in [4.69, 9.17) is 21.7 Å². The Balaban J connectivity index is 1.85. The fourth-order valence-electron chi connectivity index (χ4n) is 1.67. The molecule has 0 aromatic carbocycles. The molecule has 0 saturated heterocycles. The van der Waals surface area contributed by atoms with Crippen molar-refractivity contribution in [2.24, 2.45) is 0 Å². The monoisotopic (exact) mass is 254 g/mol. The smallest absolute Gasteiger partial charge is 0.129 e. The van der Waals surface area contributed by atoms with Crippen LogP contribution in [0, 0.1) is 4.64 Å². The lowest BCUT2D eigenvalue weighted by Crippen LogP contribution is -2.08. The van der Waals surface area contributed by atoms with Crippen molar-refractivity contribution in [1.82, 2.24) is 9.97 Å². The Morgan fingerprint density at radius 1 is 1.41 bits per heavy atom. The first-order chi connectivity index (χ1) is 8.29. The van der Waals surface area contributed by atoms with Crippen LogP contribution in [-0.2, 0) is 15.9 Å². The molecule has 2 rings (SSSR count). The highest BCUT2D eigenvalue weighted by Crippen LogP contribution is 2.38. The van der Waals surface area contributed by atoms with Gasteiger partial charge in [0.05, 0.1) is 19.8 Å². The highest BCUT2D eigenvalue weighted by molar-refractivity contribution is 7.71. The van der Waals surface area contributed by atoms with Crippen molar-refractivity contribution < 1.29 is 9.47 Å². The number of hydrogen-bond acceptors (Lipinski definition) is 4. The molecule has 0 amide bonds. The van der Waals surface area contributed by atoms with E-state index in [2.05, 4.69) is 9.97 Å². The van der Waals surface area contributed by atoms with Crippen LogP contribution in [0.15, 0.2) is 6.07 Å². The predicted octanol–water partition coefficient (Wildman–Crippen LogP) is 2.22. The van der Waals surface area contributed by atoms with E-state index in [1.165, 1.54) is 18.5 Å². The van der Waals surface area contributed by atoms with Gasteiger partial charge in [-0.3, -0.25) is 0 Å². The Bertz CT molecular complexity index is 415. The summed E-state index contributed by atoms with van der Waals surface area (Å²) in [4.78, 5) is 7.66. The van der Waals surface area contributed by atoms with E-state index in [0.29, 0.717) is 30.4 Å². The minimum absolute atomic E-state index is 0.625. The van der Waals surface area contributed by atoms with Crippen LogP contribution < -0.4 is 0 Å². The first-order valence-electron chi connectivity index (χ1n) is 5.96. The van der Waals surface area contributed by atoms with E-state index in [1.54, 1.807) is 7.11 Å². The van der Waals surface area contributed by atoms with Crippen molar-refractivity contribution in [3.8, 4) is 0 Å². The van der Waals surface area contributed by atoms with Gasteiger partial charge in [0.1, 0.15) is 10.5 Å². The molecule has 1 aromatic heterocycles. The molecule has 0 spiro atoms. The highest BCUT2D eigenvalue weighted by atomic mass is 32.1. The number of nitrogens with zero attached hydrogens (tertiary/aromatic N) is 1. The van der Waals surface area contributed by atoms with E-state index >= 15 is 0 Å². The van der Waals surface area contributed by atoms with Gasteiger partial charge in [0.15, 0.2) is 0 Å². The maximum absolute atomic E-state index is 5.41. The molecule has 0 unspecified atom stereocenters. The molecule has 0 aliphatic heterocycles. The number of H-pyrrole nitrogens is 1. The summed E-state index contributed by atoms with van der Waals surface area (Å²) in [5.41, 5.74) is 1.23. The van der Waals surface area contributed by atoms with E-state index in [0.717, 1.165) is 12.2 Å². The molecule has 1 heterocycles. The van der Waals surface area contributed by atoms with Crippen LogP contribution in [0.2, 0.25) is 0 Å². The number of rotatable bonds is 7. The Kier molecular flexibility index (Phi) is 4.65. The average Bonchev–Trinajstić information content (AvgIpc) is 3.12. The number of aromatic nitrogens is 2. The Hall–Kier alpha value is -0.780. The predicted molar refractivity (Wildman–Crippen MR) is 67.8 cm³/mol. The van der Waals surface area contributed by atoms with Gasteiger partial charge in [-0.15, -0.1) is 0 Å². The molecular formula is C12H18N2O2S. The largest absolute Gasteiger partial charge is 0.382 e. The summed E-state index contributed by atoms with van der Waals surface area (Å²) in [5.74, 6) is 1.60. The fraction of sp³-hybridized carbons (Fsp3) is 0.667. The minimum atomic E-state index is 0.625. The minimum Gasteiger partial charge on any atom is -0.382 e. The molecule has 4 nitrogen and oxygen atoms in total. The summed E-state index contributed by atoms with van der Waals surface area (Å²) < 4.78 is 11.0. The Morgan fingerprint density at radius 3 is 2.94 bits per heavy atom. The van der Waals surface area contributed by atoms with Crippen LogP contribution in [0.5, 0.6) is 0 Å². The summed E-state index contributed by atoms with van der Waals surface area (Å²) >= 11 is 5.16. The summed E-state index contributed by atoms with van der Waals surface area (Å²) in [6.07, 6.45) is 3.30. The summed E-state index contributed by atoms with van der Waals surface area (Å²) in [7, 11) is 1.67. The zero-order valence-electron chi connectivity index (χ0n) is 10.1. The molecular weight excluding hydrogens is 236 g/mol. The maximum Gasteiger partial charge on any atom is 0.129 e. The molecule has 94 valence electrons. The standard InChI is InChI=1S/C12H18N2O2S/c1-15-6-7-16-5-4-11-13-10(9-2-3-9)8-12(17)14-11/h8-9H,2-7H2,1H3,(H,13,14,17). The number of nitrogens with one attached hydrogen (secondary N) is 1. The third-order valence-electron chi connectivity index (χ3n) is 2.74. The van der Waals surface area contributed by atoms with Crippen molar-refractivity contribution in [3.63, 3.8) is 0 Å². The van der Waals surface area contributed by atoms with Crippen molar-refractivity contribution >= 4 is 12.2 Å². The van der Waals surface area contributed by atoms with Crippen LogP contribution in [-0.4, -0.2) is 36.9 Å². The van der Waals surface area contributed by atoms with Crippen molar-refractivity contribution in [1.29, 1.82) is 0 Å². The van der Waals surface area contributed by atoms with Gasteiger partial charge in [-0.25, -0.2) is 4.98 Å². The maximum atomic E-state index is 5.41. The van der Waals surface area contributed by atoms with E-state index in [-0.39, 0.29) is 0 Å². The zero-order valence-corrected chi connectivity index (χ0v) is 10.9. The molecule has 0 radical (unpaired) electrons. The SMILES string of the molecule is COCCOCCc1nc(=S)cc(C2CC2)[nH]1. The van der Waals surface area contributed by atoms with Gasteiger partial charge in [0.25, 0.3) is 0 Å². The van der Waals surface area contributed by atoms with Gasteiger partial charge < -0.3 is 14.5 Å². The Labute approximate surface area is 106 Å². The van der Waals surface area contributed by atoms with E-state index in [1.807, 2.05) is 6.07 Å². The Morgan fingerprint density at radius 2 is 2.24 bits per heavy atom. The van der Waals surface area contributed by atoms with Gasteiger partial charge in [0, 0.05) is 19.2 Å². The molecule has 17 heavy (non-hydrogen) atoms. The zero-order chi connectivity index (χ0) is 12.1. The summed E-state index contributed by atoms with van der Waals surface area (Å²) in [5, 5.41) is 0. The highest BCUT2D eigenvalue weighted by Gasteiger charge is 2.24. The van der Waals surface area contributed by atoms with Crippen molar-refractivity contribution in [2.75, 3.05) is 26.9 Å². The van der Waals surface area contributed by atoms with Gasteiger partial charge in [-0.2, -0.15) is 0 Å². The third kappa shape index (κ3) is 4.18. The molecule has 5 heteroatoms. The molecule has 1 aromatic rings. The van der Waals surface area contributed by atoms with Crippen LogP contribution in [0.3, 0.4) is 0 Å². The van der Waals surface area contributed by atoms with Crippen molar-refractivity contribution in [2.45, 2.75) is 25.2 Å². The molecule has 0 atom stereocenters. The summed E-state index contributed by atoms with van der Waals surface area (Å²) in [6.45, 7) is 1.90. The lowest BCUT2D eigenvalue weighted by molar-refractivity contribution is 0.0716. The topological polar surface area (TPSA) is 47.1 Å². The number of methoxy groups -OCH3 is 1. The number of ether oxygens (including phenoxy) is 2. The van der Waals surface area contributed by atoms with Crippen LogP contribution >= 0.6 is 12.2 Å². The lowest BCUT2D eigenvalue weighted by Gasteiger charge is -2.06. The van der Waals surface area contributed by atoms with Gasteiger partial charge in [-0.1, -0.05) is 12.2 Å². The molecule has 1 saturated carbocycles. The number of aromatic amines is 1. The average molecular weight is 254 g/mol.